The second-order valence-corrected chi connectivity index (χ2v) is 20.5. The molecular weight excluding hydrogens is 1030 g/mol. The third kappa shape index (κ3) is 9.43. The summed E-state index contributed by atoms with van der Waals surface area (Å²) in [4.78, 5) is 66.9. The molecule has 0 unspecified atom stereocenters. The van der Waals surface area contributed by atoms with Gasteiger partial charge in [0.1, 0.15) is 23.4 Å². The number of esters is 1. The van der Waals surface area contributed by atoms with Crippen molar-refractivity contribution in [1.82, 2.24) is 59.4 Å². The third-order valence-electron chi connectivity index (χ3n) is 14.7. The number of rotatable bonds is 11. The Morgan fingerprint density at radius 3 is 1.73 bits per heavy atom. The molecule has 396 valence electrons. The molecule has 83 heavy (non-hydrogen) atoms. The van der Waals surface area contributed by atoms with Gasteiger partial charge in [0.05, 0.1) is 68.2 Å². The van der Waals surface area contributed by atoms with E-state index in [-0.39, 0.29) is 12.1 Å². The number of carbonyl (C=O) groups excluding carboxylic acids is 1. The predicted molar refractivity (Wildman–Crippen MR) is 325 cm³/mol. The van der Waals surface area contributed by atoms with Gasteiger partial charge in [-0.15, -0.1) is 0 Å². The summed E-state index contributed by atoms with van der Waals surface area (Å²) >= 11 is 0. The van der Waals surface area contributed by atoms with Gasteiger partial charge in [0.25, 0.3) is 0 Å². The fraction of sp³-hybridized carbons (Fsp3) is 0.0725. The molecule has 0 amide bonds. The van der Waals surface area contributed by atoms with Crippen LogP contribution in [0.25, 0.3) is 140 Å². The number of pyridine rings is 2. The predicted octanol–water partition coefficient (Wildman–Crippen LogP) is 15.0. The van der Waals surface area contributed by atoms with Gasteiger partial charge in [-0.3, -0.25) is 19.5 Å². The molecule has 7 aromatic heterocycles. The Morgan fingerprint density at radius 2 is 1.02 bits per heavy atom. The van der Waals surface area contributed by atoms with E-state index in [9.17, 15) is 4.79 Å². The van der Waals surface area contributed by atoms with Gasteiger partial charge < -0.3 is 4.74 Å². The van der Waals surface area contributed by atoms with Crippen LogP contribution >= 0.6 is 0 Å². The Bertz CT molecular complexity index is 4840. The molecule has 0 spiro atoms. The molecule has 7 heterocycles. The lowest BCUT2D eigenvalue weighted by Gasteiger charge is -2.18. The number of aromatic nitrogens is 12. The van der Waals surface area contributed by atoms with Crippen LogP contribution in [0.1, 0.15) is 35.3 Å². The first kappa shape index (κ1) is 50.1. The highest BCUT2D eigenvalue weighted by atomic mass is 16.5. The average molecular weight is 1080 g/mol. The molecule has 0 aliphatic carbocycles. The first-order chi connectivity index (χ1) is 40.7. The summed E-state index contributed by atoms with van der Waals surface area (Å²) < 4.78 is 7.62. The van der Waals surface area contributed by atoms with Gasteiger partial charge in [-0.05, 0) is 147 Å². The van der Waals surface area contributed by atoms with Crippen molar-refractivity contribution >= 4 is 49.7 Å². The summed E-state index contributed by atoms with van der Waals surface area (Å²) in [6.07, 6.45) is 10.1. The maximum absolute atomic E-state index is 12.8. The zero-order valence-corrected chi connectivity index (χ0v) is 45.5. The van der Waals surface area contributed by atoms with Crippen molar-refractivity contribution in [3.63, 3.8) is 0 Å². The molecule has 0 atom stereocenters. The van der Waals surface area contributed by atoms with Gasteiger partial charge in [-0.2, -0.15) is 0 Å². The molecule has 0 saturated heterocycles. The van der Waals surface area contributed by atoms with Crippen molar-refractivity contribution in [3.8, 4) is 96.3 Å². The Kier molecular flexibility index (Phi) is 12.6. The molecule has 0 radical (unpaired) electrons. The van der Waals surface area contributed by atoms with E-state index < -0.39 is 0 Å². The van der Waals surface area contributed by atoms with E-state index in [1.807, 2.05) is 105 Å². The summed E-state index contributed by atoms with van der Waals surface area (Å²) in [6.45, 7) is 7.92. The van der Waals surface area contributed by atoms with Crippen LogP contribution < -0.4 is 0 Å². The lowest BCUT2D eigenvalue weighted by Crippen LogP contribution is -2.11. The molecule has 14 heteroatoms. The Hall–Kier alpha value is -11.1. The van der Waals surface area contributed by atoms with E-state index in [2.05, 4.69) is 112 Å². The number of benzene rings is 7. The van der Waals surface area contributed by atoms with Crippen LogP contribution in [0.3, 0.4) is 0 Å². The number of fused-ring (bicyclic) bond motifs is 4. The first-order valence-corrected chi connectivity index (χ1v) is 27.2. The number of nitrogens with zero attached hydrogens (tertiary/aromatic N) is 12. The minimum atomic E-state index is -0.385. The zero-order valence-electron chi connectivity index (χ0n) is 45.5. The SMILES string of the molecule is Cc1cc(C)c(-c2nc(-c3ccccn3)nc3ccc(-c4ccc(-c5ccc6c(-c7ccc(C(=O)OC(C)C)cc7)nc(-c7cnccn7)nc6c5)cc4-n4cnc5ccccc54)cc23)cc1-c1nc(-c2ccccn2)nc2ccccc12. The number of hydrogen-bond acceptors (Lipinski definition) is 13. The van der Waals surface area contributed by atoms with Crippen molar-refractivity contribution in [3.05, 3.63) is 230 Å². The molecule has 0 N–H and O–H groups in total. The minimum Gasteiger partial charge on any atom is -0.459 e. The van der Waals surface area contributed by atoms with Gasteiger partial charge in [0.15, 0.2) is 17.5 Å². The maximum Gasteiger partial charge on any atom is 0.338 e. The highest BCUT2D eigenvalue weighted by molar-refractivity contribution is 6.02. The quantitative estimate of drug-likeness (QED) is 0.112. The zero-order chi connectivity index (χ0) is 56.1. The monoisotopic (exact) mass is 1080 g/mol. The smallest absolute Gasteiger partial charge is 0.338 e. The second-order valence-electron chi connectivity index (χ2n) is 20.5. The highest BCUT2D eigenvalue weighted by Gasteiger charge is 2.22. The van der Waals surface area contributed by atoms with Crippen LogP contribution in [0.2, 0.25) is 0 Å². The van der Waals surface area contributed by atoms with E-state index in [4.69, 9.17) is 44.6 Å². The molecule has 0 bridgehead atoms. The van der Waals surface area contributed by atoms with Crippen molar-refractivity contribution in [2.45, 2.75) is 33.8 Å². The molecule has 0 saturated carbocycles. The van der Waals surface area contributed by atoms with Gasteiger partial charge in [0.2, 0.25) is 0 Å². The van der Waals surface area contributed by atoms with Crippen LogP contribution in [0, 0.1) is 13.8 Å². The summed E-state index contributed by atoms with van der Waals surface area (Å²) in [5.41, 5.74) is 18.2. The van der Waals surface area contributed by atoms with Crippen LogP contribution in [-0.2, 0) is 4.74 Å². The first-order valence-electron chi connectivity index (χ1n) is 27.2. The Labute approximate surface area is 476 Å². The second kappa shape index (κ2) is 20.8. The maximum atomic E-state index is 12.8. The van der Waals surface area contributed by atoms with Crippen molar-refractivity contribution < 1.29 is 9.53 Å². The number of carbonyl (C=O) groups is 1. The van der Waals surface area contributed by atoms with Crippen LogP contribution in [0.5, 0.6) is 0 Å². The number of ether oxygens (including phenoxy) is 1. The van der Waals surface area contributed by atoms with Gasteiger partial charge in [-0.1, -0.05) is 84.9 Å². The van der Waals surface area contributed by atoms with Crippen LogP contribution in [0.4, 0.5) is 0 Å². The molecule has 14 aromatic rings. The third-order valence-corrected chi connectivity index (χ3v) is 14.7. The molecule has 0 aliphatic rings. The summed E-state index contributed by atoms with van der Waals surface area (Å²) in [6, 6.07) is 58.7. The van der Waals surface area contributed by atoms with Gasteiger partial charge >= 0.3 is 5.97 Å². The van der Waals surface area contributed by atoms with E-state index in [0.29, 0.717) is 51.3 Å². The topological polar surface area (TPSA) is 173 Å². The molecule has 14 rings (SSSR count). The van der Waals surface area contributed by atoms with Crippen molar-refractivity contribution in [2.75, 3.05) is 0 Å². The minimum absolute atomic E-state index is 0.241. The number of aryl methyl sites for hydroxylation is 2. The molecule has 0 fully saturated rings. The lowest BCUT2D eigenvalue weighted by molar-refractivity contribution is 0.0378. The lowest BCUT2D eigenvalue weighted by atomic mass is 9.92. The van der Waals surface area contributed by atoms with Crippen molar-refractivity contribution in [1.29, 1.82) is 0 Å². The van der Waals surface area contributed by atoms with E-state index in [0.717, 1.165) is 105 Å². The molecule has 0 aliphatic heterocycles. The molecule has 14 nitrogen and oxygen atoms in total. The molecular formula is C69H48N12O2. The normalized spacial score (nSPS) is 11.5. The van der Waals surface area contributed by atoms with Crippen molar-refractivity contribution in [2.24, 2.45) is 0 Å². The standard InChI is InChI=1S/C69H48N12O2/c1-40(2)83-69(82)44-21-19-43(20-22-44)63-50-27-24-45(35-59(50)77-68(78-63)60-38-70-31-32-73-60)46-23-26-48(62(36-46)81-39-74-56-15-7-8-18-61(56)81)47-25-28-55-53(34-47)65(80-67(76-55)58-17-10-12-30-72-58)52-37-51(41(3)33-42(52)4)64-49-13-5-6-14-54(49)75-66(79-64)57-16-9-11-29-71-57/h5-40H,1-4H3. The van der Waals surface area contributed by atoms with E-state index in [1.165, 1.54) is 0 Å². The molecule has 7 aromatic carbocycles. The Balaban J connectivity index is 0.937. The number of para-hydroxylation sites is 3. The van der Waals surface area contributed by atoms with E-state index >= 15 is 0 Å². The average Bonchev–Trinajstić information content (AvgIpc) is 4.13. The fourth-order valence-electron chi connectivity index (χ4n) is 10.8. The largest absolute Gasteiger partial charge is 0.459 e. The van der Waals surface area contributed by atoms with E-state index in [1.54, 1.807) is 43.1 Å². The van der Waals surface area contributed by atoms with Gasteiger partial charge in [0, 0.05) is 63.2 Å². The fourth-order valence-corrected chi connectivity index (χ4v) is 10.8. The number of hydrogen-bond donors (Lipinski definition) is 0. The summed E-state index contributed by atoms with van der Waals surface area (Å²) in [7, 11) is 0. The van der Waals surface area contributed by atoms with Crippen LogP contribution in [-0.4, -0.2) is 71.5 Å². The number of imidazole rings is 1. The van der Waals surface area contributed by atoms with Crippen LogP contribution in [0.15, 0.2) is 213 Å². The summed E-state index contributed by atoms with van der Waals surface area (Å²) in [5, 5.41) is 2.62. The highest BCUT2D eigenvalue weighted by Crippen LogP contribution is 2.41. The Morgan fingerprint density at radius 1 is 0.434 bits per heavy atom. The van der Waals surface area contributed by atoms with Gasteiger partial charge in [-0.25, -0.2) is 44.7 Å². The summed E-state index contributed by atoms with van der Waals surface area (Å²) in [5.74, 6) is 1.10.